The van der Waals surface area contributed by atoms with Gasteiger partial charge in [0.25, 0.3) is 11.8 Å². The highest BCUT2D eigenvalue weighted by Crippen LogP contribution is 2.30. The van der Waals surface area contributed by atoms with Gasteiger partial charge in [-0.1, -0.05) is 6.07 Å². The van der Waals surface area contributed by atoms with Gasteiger partial charge in [-0.05, 0) is 42.3 Å². The van der Waals surface area contributed by atoms with Gasteiger partial charge in [-0.25, -0.2) is 0 Å². The molecule has 2 amide bonds. The fourth-order valence-electron chi connectivity index (χ4n) is 3.17. The van der Waals surface area contributed by atoms with Gasteiger partial charge in [0, 0.05) is 25.3 Å². The molecule has 2 N–H and O–H groups in total. The highest BCUT2D eigenvalue weighted by Gasteiger charge is 2.19. The Bertz CT molecular complexity index is 916. The van der Waals surface area contributed by atoms with E-state index in [1.165, 1.54) is 0 Å². The number of benzene rings is 2. The fourth-order valence-corrected chi connectivity index (χ4v) is 3.17. The van der Waals surface area contributed by atoms with Crippen molar-refractivity contribution in [2.75, 3.05) is 53.8 Å². The first-order chi connectivity index (χ1) is 14.8. The second kappa shape index (κ2) is 11.2. The first-order valence-electron chi connectivity index (χ1n) is 9.98. The van der Waals surface area contributed by atoms with E-state index < -0.39 is 0 Å². The molecule has 0 fully saturated rings. The number of hydrogen-bond acceptors (Lipinski definition) is 5. The minimum atomic E-state index is -0.169. The molecule has 0 aromatic heterocycles. The Morgan fingerprint density at radius 3 is 2.32 bits per heavy atom. The molecule has 8 nitrogen and oxygen atoms in total. The van der Waals surface area contributed by atoms with Gasteiger partial charge in [-0.15, -0.1) is 0 Å². The van der Waals surface area contributed by atoms with E-state index in [2.05, 4.69) is 5.32 Å². The standard InChI is InChI=1S/C23H31N3O5/c1-16-10-20(30-5)21(31-6)11-17(16)13-26(3)23(28)15-25(2)14-22(27)24-18-8-7-9-19(12-18)29-4/h7-12H,13-15H2,1-6H3,(H,24,27)/p+1. The van der Waals surface area contributed by atoms with Crippen LogP contribution >= 0.6 is 0 Å². The highest BCUT2D eigenvalue weighted by molar-refractivity contribution is 5.91. The van der Waals surface area contributed by atoms with E-state index in [9.17, 15) is 9.59 Å². The number of likely N-dealkylation sites (N-methyl/N-ethyl adjacent to an activating group) is 2. The smallest absolute Gasteiger partial charge is 0.279 e. The van der Waals surface area contributed by atoms with Crippen molar-refractivity contribution in [1.82, 2.24) is 4.90 Å². The Morgan fingerprint density at radius 1 is 1.00 bits per heavy atom. The van der Waals surface area contributed by atoms with Gasteiger partial charge >= 0.3 is 0 Å². The molecule has 0 heterocycles. The van der Waals surface area contributed by atoms with E-state index in [0.29, 0.717) is 29.5 Å². The van der Waals surface area contributed by atoms with Crippen LogP contribution in [0, 0.1) is 6.92 Å². The maximum Gasteiger partial charge on any atom is 0.279 e. The van der Waals surface area contributed by atoms with Crippen molar-refractivity contribution in [3.8, 4) is 17.2 Å². The molecule has 2 aromatic carbocycles. The number of nitrogens with one attached hydrogen (secondary N) is 2. The van der Waals surface area contributed by atoms with Gasteiger partial charge in [-0.2, -0.15) is 0 Å². The summed E-state index contributed by atoms with van der Waals surface area (Å²) in [4.78, 5) is 27.4. The number of methoxy groups -OCH3 is 3. The van der Waals surface area contributed by atoms with E-state index in [4.69, 9.17) is 14.2 Å². The Morgan fingerprint density at radius 2 is 1.68 bits per heavy atom. The van der Waals surface area contributed by atoms with E-state index in [-0.39, 0.29) is 24.9 Å². The van der Waals surface area contributed by atoms with Crippen LogP contribution in [-0.2, 0) is 16.1 Å². The number of amides is 2. The number of aryl methyl sites for hydroxylation is 1. The summed E-state index contributed by atoms with van der Waals surface area (Å²) in [7, 11) is 8.32. The van der Waals surface area contributed by atoms with Gasteiger partial charge in [0.1, 0.15) is 5.75 Å². The molecule has 1 atom stereocenters. The van der Waals surface area contributed by atoms with E-state index >= 15 is 0 Å². The summed E-state index contributed by atoms with van der Waals surface area (Å²) in [5.74, 6) is 1.73. The van der Waals surface area contributed by atoms with Crippen LogP contribution in [0.3, 0.4) is 0 Å². The maximum atomic E-state index is 12.7. The van der Waals surface area contributed by atoms with Crippen molar-refractivity contribution in [2.45, 2.75) is 13.5 Å². The van der Waals surface area contributed by atoms with Crippen molar-refractivity contribution in [3.63, 3.8) is 0 Å². The topological polar surface area (TPSA) is 81.5 Å². The Balaban J connectivity index is 1.91. The Labute approximate surface area is 183 Å². The van der Waals surface area contributed by atoms with Crippen LogP contribution in [0.25, 0.3) is 0 Å². The molecule has 0 saturated carbocycles. The minimum absolute atomic E-state index is 0.0548. The largest absolute Gasteiger partial charge is 0.497 e. The lowest BCUT2D eigenvalue weighted by molar-refractivity contribution is -0.862. The maximum absolute atomic E-state index is 12.7. The monoisotopic (exact) mass is 430 g/mol. The second-order valence-electron chi connectivity index (χ2n) is 7.47. The number of carbonyl (C=O) groups excluding carboxylic acids is 2. The van der Waals surface area contributed by atoms with Crippen molar-refractivity contribution in [2.24, 2.45) is 0 Å². The van der Waals surface area contributed by atoms with Crippen LogP contribution in [0.15, 0.2) is 36.4 Å². The summed E-state index contributed by atoms with van der Waals surface area (Å²) >= 11 is 0. The third-order valence-electron chi connectivity index (χ3n) is 4.94. The fraction of sp³-hybridized carbons (Fsp3) is 0.391. The number of quaternary nitrogens is 1. The summed E-state index contributed by atoms with van der Waals surface area (Å²) in [6.07, 6.45) is 0. The predicted octanol–water partition coefficient (Wildman–Crippen LogP) is 1.13. The van der Waals surface area contributed by atoms with Gasteiger partial charge in [0.15, 0.2) is 24.6 Å². The summed E-state index contributed by atoms with van der Waals surface area (Å²) < 4.78 is 15.8. The highest BCUT2D eigenvalue weighted by atomic mass is 16.5. The third-order valence-corrected chi connectivity index (χ3v) is 4.94. The first-order valence-corrected chi connectivity index (χ1v) is 9.98. The zero-order chi connectivity index (χ0) is 23.0. The molecule has 1 unspecified atom stereocenters. The van der Waals surface area contributed by atoms with Crippen molar-refractivity contribution < 1.29 is 28.7 Å². The lowest BCUT2D eigenvalue weighted by atomic mass is 10.1. The minimum Gasteiger partial charge on any atom is -0.497 e. The van der Waals surface area contributed by atoms with Crippen LogP contribution in [0.4, 0.5) is 5.69 Å². The number of hydrogen-bond donors (Lipinski definition) is 2. The lowest BCUT2D eigenvalue weighted by Crippen LogP contribution is -3.11. The van der Waals surface area contributed by atoms with Crippen molar-refractivity contribution in [3.05, 3.63) is 47.5 Å². The first kappa shape index (κ1) is 24.0. The number of nitrogens with zero attached hydrogens (tertiary/aromatic N) is 1. The molecule has 31 heavy (non-hydrogen) atoms. The molecule has 0 bridgehead atoms. The van der Waals surface area contributed by atoms with Crippen LogP contribution in [-0.4, -0.2) is 65.2 Å². The van der Waals surface area contributed by atoms with E-state index in [1.54, 1.807) is 51.5 Å². The lowest BCUT2D eigenvalue weighted by Gasteiger charge is -2.21. The average Bonchev–Trinajstić information content (AvgIpc) is 2.74. The molecular weight excluding hydrogens is 398 g/mol. The number of ether oxygens (including phenoxy) is 3. The van der Waals surface area contributed by atoms with Gasteiger partial charge in [0.2, 0.25) is 0 Å². The average molecular weight is 431 g/mol. The normalized spacial score (nSPS) is 11.4. The van der Waals surface area contributed by atoms with Crippen LogP contribution in [0.5, 0.6) is 17.2 Å². The van der Waals surface area contributed by atoms with Crippen molar-refractivity contribution in [1.29, 1.82) is 0 Å². The number of carbonyl (C=O) groups is 2. The predicted molar refractivity (Wildman–Crippen MR) is 119 cm³/mol. The van der Waals surface area contributed by atoms with Gasteiger partial charge < -0.3 is 29.3 Å². The van der Waals surface area contributed by atoms with E-state index in [1.807, 2.05) is 32.2 Å². The Hall–Kier alpha value is -3.26. The molecule has 0 spiro atoms. The summed E-state index contributed by atoms with van der Waals surface area (Å²) in [5, 5.41) is 2.83. The second-order valence-corrected chi connectivity index (χ2v) is 7.47. The Kier molecular flexibility index (Phi) is 8.69. The zero-order valence-electron chi connectivity index (χ0n) is 19.1. The zero-order valence-corrected chi connectivity index (χ0v) is 19.1. The van der Waals surface area contributed by atoms with Crippen LogP contribution < -0.4 is 24.4 Å². The third kappa shape index (κ3) is 6.89. The van der Waals surface area contributed by atoms with Crippen LogP contribution in [0.2, 0.25) is 0 Å². The molecule has 0 aliphatic carbocycles. The van der Waals surface area contributed by atoms with Gasteiger partial charge in [0.05, 0.1) is 28.4 Å². The summed E-state index contributed by atoms with van der Waals surface area (Å²) in [5.41, 5.74) is 2.64. The summed E-state index contributed by atoms with van der Waals surface area (Å²) in [6.45, 7) is 2.78. The molecule has 2 rings (SSSR count). The molecule has 2 aromatic rings. The van der Waals surface area contributed by atoms with Gasteiger partial charge in [-0.3, -0.25) is 9.59 Å². The number of anilines is 1. The molecule has 0 saturated heterocycles. The molecule has 0 aliphatic rings. The molecule has 0 radical (unpaired) electrons. The van der Waals surface area contributed by atoms with Crippen LogP contribution in [0.1, 0.15) is 11.1 Å². The van der Waals surface area contributed by atoms with E-state index in [0.717, 1.165) is 16.0 Å². The van der Waals surface area contributed by atoms with Crippen molar-refractivity contribution >= 4 is 17.5 Å². The molecular formula is C23H32N3O5+. The summed E-state index contributed by atoms with van der Waals surface area (Å²) in [6, 6.07) is 10.9. The quantitative estimate of drug-likeness (QED) is 0.591. The molecule has 8 heteroatoms. The number of rotatable bonds is 10. The molecule has 0 aliphatic heterocycles. The molecule has 168 valence electrons. The SMILES string of the molecule is COc1cccc(NC(=O)C[NH+](C)CC(=O)N(C)Cc2cc(OC)c(OC)cc2C)c1.